The Hall–Kier alpha value is -2.60. The van der Waals surface area contributed by atoms with Gasteiger partial charge < -0.3 is 15.0 Å². The van der Waals surface area contributed by atoms with Crippen LogP contribution < -0.4 is 10.1 Å². The van der Waals surface area contributed by atoms with E-state index in [-0.39, 0.29) is 5.91 Å². The molecule has 3 rings (SSSR count). The molecule has 0 aliphatic heterocycles. The highest BCUT2D eigenvalue weighted by Gasteiger charge is 2.11. The number of ether oxygens (including phenoxy) is 1. The minimum absolute atomic E-state index is 0.122. The predicted octanol–water partition coefficient (Wildman–Crippen LogP) is 3.43. The number of methoxy groups -OCH3 is 1. The summed E-state index contributed by atoms with van der Waals surface area (Å²) in [6.07, 6.45) is 2.53. The van der Waals surface area contributed by atoms with Gasteiger partial charge in [0.2, 0.25) is 0 Å². The summed E-state index contributed by atoms with van der Waals surface area (Å²) in [4.78, 5) is 19.7. The number of carbonyl (C=O) groups is 1. The highest BCUT2D eigenvalue weighted by atomic mass is 32.1. The van der Waals surface area contributed by atoms with Gasteiger partial charge >= 0.3 is 0 Å². The van der Waals surface area contributed by atoms with Crippen LogP contribution in [-0.2, 0) is 6.42 Å². The van der Waals surface area contributed by atoms with Crippen LogP contribution in [0.3, 0.4) is 0 Å². The molecule has 5 nitrogen and oxygen atoms in total. The summed E-state index contributed by atoms with van der Waals surface area (Å²) in [6, 6.07) is 9.65. The van der Waals surface area contributed by atoms with Crippen molar-refractivity contribution in [1.82, 2.24) is 15.3 Å². The van der Waals surface area contributed by atoms with E-state index in [0.29, 0.717) is 18.7 Å². The molecular formula is C18H19N3O2S. The van der Waals surface area contributed by atoms with Crippen molar-refractivity contribution in [3.63, 3.8) is 0 Å². The van der Waals surface area contributed by atoms with Crippen LogP contribution in [-0.4, -0.2) is 29.5 Å². The van der Waals surface area contributed by atoms with E-state index >= 15 is 0 Å². The Kier molecular flexibility index (Phi) is 4.96. The molecule has 2 heterocycles. The Morgan fingerprint density at radius 2 is 2.21 bits per heavy atom. The maximum absolute atomic E-state index is 12.2. The average molecular weight is 341 g/mol. The second-order valence-electron chi connectivity index (χ2n) is 5.37. The monoisotopic (exact) mass is 341 g/mol. The molecule has 6 heteroatoms. The number of thiazole rings is 1. The molecule has 0 bridgehead atoms. The molecule has 0 aliphatic rings. The maximum atomic E-state index is 12.2. The fraction of sp³-hybridized carbons (Fsp3) is 0.222. The van der Waals surface area contributed by atoms with Gasteiger partial charge in [0.05, 0.1) is 17.8 Å². The summed E-state index contributed by atoms with van der Waals surface area (Å²) in [7, 11) is 1.65. The van der Waals surface area contributed by atoms with Crippen molar-refractivity contribution in [2.45, 2.75) is 13.3 Å². The van der Waals surface area contributed by atoms with Gasteiger partial charge in [0.1, 0.15) is 11.4 Å². The van der Waals surface area contributed by atoms with Crippen LogP contribution in [0.4, 0.5) is 0 Å². The fourth-order valence-electron chi connectivity index (χ4n) is 2.48. The summed E-state index contributed by atoms with van der Waals surface area (Å²) in [6.45, 7) is 2.51. The van der Waals surface area contributed by atoms with Gasteiger partial charge in [-0.1, -0.05) is 18.2 Å². The van der Waals surface area contributed by atoms with E-state index in [1.807, 2.05) is 48.8 Å². The van der Waals surface area contributed by atoms with Crippen LogP contribution in [0.2, 0.25) is 0 Å². The van der Waals surface area contributed by atoms with Gasteiger partial charge in [0, 0.05) is 23.7 Å². The normalized spacial score (nSPS) is 10.6. The Bertz CT molecular complexity index is 838. The molecule has 0 saturated carbocycles. The molecule has 3 aromatic rings. The first kappa shape index (κ1) is 16.3. The number of aryl methyl sites for hydroxylation is 1. The Labute approximate surface area is 144 Å². The zero-order chi connectivity index (χ0) is 16.9. The molecule has 1 aromatic carbocycles. The van der Waals surface area contributed by atoms with Crippen LogP contribution >= 0.6 is 11.3 Å². The van der Waals surface area contributed by atoms with Crippen LogP contribution in [0, 0.1) is 6.92 Å². The lowest BCUT2D eigenvalue weighted by Crippen LogP contribution is -2.26. The largest absolute Gasteiger partial charge is 0.496 e. The molecule has 2 N–H and O–H groups in total. The molecule has 0 atom stereocenters. The SMILES string of the molecule is COc1ccccc1CCNC(=O)c1cc(-c2csc(C)n2)c[nH]1. The van der Waals surface area contributed by atoms with Crippen molar-refractivity contribution in [2.75, 3.05) is 13.7 Å². The van der Waals surface area contributed by atoms with Crippen molar-refractivity contribution in [2.24, 2.45) is 0 Å². The number of nitrogens with zero attached hydrogens (tertiary/aromatic N) is 1. The lowest BCUT2D eigenvalue weighted by molar-refractivity contribution is 0.0949. The highest BCUT2D eigenvalue weighted by molar-refractivity contribution is 7.09. The van der Waals surface area contributed by atoms with Crippen molar-refractivity contribution in [3.8, 4) is 17.0 Å². The van der Waals surface area contributed by atoms with Crippen molar-refractivity contribution in [1.29, 1.82) is 0 Å². The molecule has 1 amide bonds. The summed E-state index contributed by atoms with van der Waals surface area (Å²) in [5.74, 6) is 0.718. The van der Waals surface area contributed by atoms with Gasteiger partial charge in [-0.15, -0.1) is 11.3 Å². The molecule has 0 spiro atoms. The number of para-hydroxylation sites is 1. The first-order valence-electron chi connectivity index (χ1n) is 7.68. The van der Waals surface area contributed by atoms with E-state index < -0.39 is 0 Å². The molecule has 0 saturated heterocycles. The third kappa shape index (κ3) is 3.65. The molecule has 0 radical (unpaired) electrons. The second kappa shape index (κ2) is 7.31. The van der Waals surface area contributed by atoms with Gasteiger partial charge in [0.15, 0.2) is 0 Å². The van der Waals surface area contributed by atoms with Crippen molar-refractivity contribution < 1.29 is 9.53 Å². The van der Waals surface area contributed by atoms with E-state index in [0.717, 1.165) is 27.6 Å². The van der Waals surface area contributed by atoms with Crippen LogP contribution in [0.25, 0.3) is 11.3 Å². The van der Waals surface area contributed by atoms with E-state index in [9.17, 15) is 4.79 Å². The molecule has 0 fully saturated rings. The number of carbonyl (C=O) groups excluding carboxylic acids is 1. The summed E-state index contributed by atoms with van der Waals surface area (Å²) in [5.41, 5.74) is 3.43. The first-order chi connectivity index (χ1) is 11.7. The number of hydrogen-bond donors (Lipinski definition) is 2. The number of hydrogen-bond acceptors (Lipinski definition) is 4. The molecule has 2 aromatic heterocycles. The Morgan fingerprint density at radius 3 is 2.96 bits per heavy atom. The first-order valence-corrected chi connectivity index (χ1v) is 8.56. The van der Waals surface area contributed by atoms with Gasteiger partial charge in [0.25, 0.3) is 5.91 Å². The molecular weight excluding hydrogens is 322 g/mol. The molecule has 24 heavy (non-hydrogen) atoms. The Balaban J connectivity index is 1.58. The smallest absolute Gasteiger partial charge is 0.267 e. The maximum Gasteiger partial charge on any atom is 0.267 e. The summed E-state index contributed by atoms with van der Waals surface area (Å²) < 4.78 is 5.32. The van der Waals surface area contributed by atoms with E-state index in [4.69, 9.17) is 4.74 Å². The third-order valence-corrected chi connectivity index (χ3v) is 4.49. The number of benzene rings is 1. The molecule has 124 valence electrons. The number of aromatic nitrogens is 2. The quantitative estimate of drug-likeness (QED) is 0.722. The van der Waals surface area contributed by atoms with Crippen LogP contribution in [0.5, 0.6) is 5.75 Å². The molecule has 0 aliphatic carbocycles. The van der Waals surface area contributed by atoms with Crippen molar-refractivity contribution in [3.05, 3.63) is 58.2 Å². The highest BCUT2D eigenvalue weighted by Crippen LogP contribution is 2.22. The van der Waals surface area contributed by atoms with Crippen LogP contribution in [0.15, 0.2) is 41.9 Å². The van der Waals surface area contributed by atoms with Gasteiger partial charge in [-0.05, 0) is 31.0 Å². The minimum Gasteiger partial charge on any atom is -0.496 e. The average Bonchev–Trinajstić information content (AvgIpc) is 3.24. The number of nitrogens with one attached hydrogen (secondary N) is 2. The zero-order valence-electron chi connectivity index (χ0n) is 13.6. The van der Waals surface area contributed by atoms with Crippen molar-refractivity contribution >= 4 is 17.2 Å². The lowest BCUT2D eigenvalue weighted by Gasteiger charge is -2.08. The van der Waals surface area contributed by atoms with E-state index in [1.54, 1.807) is 18.4 Å². The summed E-state index contributed by atoms with van der Waals surface area (Å²) >= 11 is 1.59. The number of amides is 1. The third-order valence-electron chi connectivity index (χ3n) is 3.71. The number of H-pyrrole nitrogens is 1. The number of rotatable bonds is 6. The Morgan fingerprint density at radius 1 is 1.38 bits per heavy atom. The standard InChI is InChI=1S/C18H19N3O2S/c1-12-21-16(11-24-12)14-9-15(20-10-14)18(22)19-8-7-13-5-3-4-6-17(13)23-2/h3-6,9-11,20H,7-8H2,1-2H3,(H,19,22). The zero-order valence-corrected chi connectivity index (χ0v) is 14.4. The van der Waals surface area contributed by atoms with Gasteiger partial charge in [-0.3, -0.25) is 4.79 Å². The topological polar surface area (TPSA) is 67.0 Å². The van der Waals surface area contributed by atoms with Gasteiger partial charge in [-0.2, -0.15) is 0 Å². The van der Waals surface area contributed by atoms with E-state index in [1.165, 1.54) is 0 Å². The van der Waals surface area contributed by atoms with Crippen LogP contribution in [0.1, 0.15) is 21.1 Å². The number of aromatic amines is 1. The van der Waals surface area contributed by atoms with E-state index in [2.05, 4.69) is 15.3 Å². The predicted molar refractivity (Wildman–Crippen MR) is 95.7 cm³/mol. The lowest BCUT2D eigenvalue weighted by atomic mass is 10.1. The minimum atomic E-state index is -0.122. The second-order valence-corrected chi connectivity index (χ2v) is 6.43. The fourth-order valence-corrected chi connectivity index (χ4v) is 3.11. The summed E-state index contributed by atoms with van der Waals surface area (Å²) in [5, 5.41) is 5.92. The van der Waals surface area contributed by atoms with Gasteiger partial charge in [-0.25, -0.2) is 4.98 Å². The molecule has 0 unspecified atom stereocenters.